The second kappa shape index (κ2) is 7.12. The van der Waals surface area contributed by atoms with Crippen molar-refractivity contribution in [3.63, 3.8) is 0 Å². The Kier molecular flexibility index (Phi) is 5.19. The van der Waals surface area contributed by atoms with Crippen LogP contribution in [0.3, 0.4) is 0 Å². The molecule has 0 aliphatic heterocycles. The smallest absolute Gasteiger partial charge is 0.0748 e. The fourth-order valence-electron chi connectivity index (χ4n) is 1.46. The number of benzene rings is 2. The second-order valence-electron chi connectivity index (χ2n) is 3.79. The molecule has 0 spiro atoms. The maximum atomic E-state index is 6.01. The summed E-state index contributed by atoms with van der Waals surface area (Å²) < 4.78 is 0.873. The summed E-state index contributed by atoms with van der Waals surface area (Å²) in [5.74, 6) is 0. The number of rotatable bonds is 4. The minimum atomic E-state index is 0.641. The van der Waals surface area contributed by atoms with E-state index in [1.54, 1.807) is 6.21 Å². The molecule has 2 aromatic carbocycles. The lowest BCUT2D eigenvalue weighted by atomic mass is 10.2. The van der Waals surface area contributed by atoms with Gasteiger partial charge in [-0.1, -0.05) is 54.1 Å². The van der Waals surface area contributed by atoms with Crippen LogP contribution in [0.15, 0.2) is 64.2 Å². The third kappa shape index (κ3) is 4.54. The predicted octanol–water partition coefficient (Wildman–Crippen LogP) is 5.17. The third-order valence-corrected chi connectivity index (χ3v) is 3.11. The molecule has 0 radical (unpaired) electrons. The van der Waals surface area contributed by atoms with Crippen molar-refractivity contribution in [1.29, 1.82) is 0 Å². The Labute approximate surface area is 125 Å². The molecular formula is C15H12BrClN2. The van der Waals surface area contributed by atoms with Gasteiger partial charge in [-0.15, -0.1) is 0 Å². The Bertz CT molecular complexity index is 594. The first kappa shape index (κ1) is 13.8. The normalized spacial score (nSPS) is 11.8. The molecule has 0 saturated heterocycles. The SMILES string of the molecule is Clc1ccccc1NN=C/C(Br)=C\c1ccccc1. The standard InChI is InChI=1S/C15H12BrClN2/c16-13(10-12-6-2-1-3-7-12)11-18-19-15-9-5-4-8-14(15)17/h1-11,19H/b13-10+,18-11?. The lowest BCUT2D eigenvalue weighted by Gasteiger charge is -2.01. The van der Waals surface area contributed by atoms with E-state index in [4.69, 9.17) is 11.6 Å². The van der Waals surface area contributed by atoms with Gasteiger partial charge in [-0.3, -0.25) is 5.43 Å². The van der Waals surface area contributed by atoms with Crippen molar-refractivity contribution in [2.45, 2.75) is 0 Å². The third-order valence-electron chi connectivity index (χ3n) is 2.35. The van der Waals surface area contributed by atoms with Crippen LogP contribution in [0.4, 0.5) is 5.69 Å². The number of para-hydroxylation sites is 1. The highest BCUT2D eigenvalue weighted by Gasteiger charge is 1.95. The zero-order valence-corrected chi connectivity index (χ0v) is 12.4. The number of halogens is 2. The molecule has 0 heterocycles. The van der Waals surface area contributed by atoms with Crippen LogP contribution in [0.1, 0.15) is 5.56 Å². The van der Waals surface area contributed by atoms with Crippen LogP contribution in [-0.4, -0.2) is 6.21 Å². The Morgan fingerprint density at radius 1 is 1.05 bits per heavy atom. The molecule has 0 aromatic heterocycles. The molecule has 4 heteroatoms. The molecular weight excluding hydrogens is 324 g/mol. The van der Waals surface area contributed by atoms with Crippen molar-refractivity contribution >= 4 is 45.5 Å². The van der Waals surface area contributed by atoms with E-state index >= 15 is 0 Å². The summed E-state index contributed by atoms with van der Waals surface area (Å²) in [7, 11) is 0. The fraction of sp³-hybridized carbons (Fsp3) is 0. The fourth-order valence-corrected chi connectivity index (χ4v) is 2.01. The van der Waals surface area contributed by atoms with Crippen molar-refractivity contribution in [3.05, 3.63) is 69.7 Å². The van der Waals surface area contributed by atoms with Crippen LogP contribution >= 0.6 is 27.5 Å². The van der Waals surface area contributed by atoms with Crippen molar-refractivity contribution in [3.8, 4) is 0 Å². The molecule has 19 heavy (non-hydrogen) atoms. The van der Waals surface area contributed by atoms with Crippen LogP contribution in [0.5, 0.6) is 0 Å². The van der Waals surface area contributed by atoms with Crippen LogP contribution < -0.4 is 5.43 Å². The van der Waals surface area contributed by atoms with Crippen LogP contribution in [0.25, 0.3) is 6.08 Å². The van der Waals surface area contributed by atoms with Crippen molar-refractivity contribution in [1.82, 2.24) is 0 Å². The average molecular weight is 336 g/mol. The quantitative estimate of drug-likeness (QED) is 0.604. The number of allylic oxidation sites excluding steroid dienone is 1. The molecule has 2 nitrogen and oxygen atoms in total. The van der Waals surface area contributed by atoms with Gasteiger partial charge in [0.1, 0.15) is 0 Å². The van der Waals surface area contributed by atoms with E-state index in [0.717, 1.165) is 15.7 Å². The van der Waals surface area contributed by atoms with Gasteiger partial charge in [0.2, 0.25) is 0 Å². The number of anilines is 1. The lowest BCUT2D eigenvalue weighted by Crippen LogP contribution is -1.89. The van der Waals surface area contributed by atoms with Crippen LogP contribution in [-0.2, 0) is 0 Å². The summed E-state index contributed by atoms with van der Waals surface area (Å²) in [6, 6.07) is 17.5. The summed E-state index contributed by atoms with van der Waals surface area (Å²) in [6.45, 7) is 0. The average Bonchev–Trinajstić information content (AvgIpc) is 2.42. The molecule has 96 valence electrons. The van der Waals surface area contributed by atoms with Gasteiger partial charge in [-0.05, 0) is 39.7 Å². The van der Waals surface area contributed by atoms with Crippen molar-refractivity contribution in [2.24, 2.45) is 5.10 Å². The topological polar surface area (TPSA) is 24.4 Å². The Balaban J connectivity index is 2.00. The highest BCUT2D eigenvalue weighted by molar-refractivity contribution is 9.12. The van der Waals surface area contributed by atoms with E-state index in [-0.39, 0.29) is 0 Å². The first-order valence-electron chi connectivity index (χ1n) is 5.71. The second-order valence-corrected chi connectivity index (χ2v) is 5.11. The Morgan fingerprint density at radius 2 is 1.74 bits per heavy atom. The van der Waals surface area contributed by atoms with Gasteiger partial charge < -0.3 is 0 Å². The lowest BCUT2D eigenvalue weighted by molar-refractivity contribution is 1.35. The number of hydrogen-bond donors (Lipinski definition) is 1. The molecule has 0 unspecified atom stereocenters. The van der Waals surface area contributed by atoms with Crippen molar-refractivity contribution in [2.75, 3.05) is 5.43 Å². The molecule has 0 bridgehead atoms. The van der Waals surface area contributed by atoms with Crippen LogP contribution in [0.2, 0.25) is 5.02 Å². The van der Waals surface area contributed by atoms with E-state index in [1.807, 2.05) is 60.7 Å². The molecule has 0 aliphatic rings. The maximum absolute atomic E-state index is 6.01. The van der Waals surface area contributed by atoms with Crippen LogP contribution in [0, 0.1) is 0 Å². The van der Waals surface area contributed by atoms with E-state index in [9.17, 15) is 0 Å². The first-order chi connectivity index (χ1) is 9.25. The number of nitrogens with one attached hydrogen (secondary N) is 1. The Hall–Kier alpha value is -1.58. The zero-order chi connectivity index (χ0) is 13.5. The summed E-state index contributed by atoms with van der Waals surface area (Å²) in [4.78, 5) is 0. The summed E-state index contributed by atoms with van der Waals surface area (Å²) >= 11 is 9.45. The minimum absolute atomic E-state index is 0.641. The molecule has 1 N–H and O–H groups in total. The van der Waals surface area contributed by atoms with Gasteiger partial charge >= 0.3 is 0 Å². The molecule has 0 atom stereocenters. The monoisotopic (exact) mass is 334 g/mol. The molecule has 0 amide bonds. The van der Waals surface area contributed by atoms with Gasteiger partial charge in [-0.2, -0.15) is 5.10 Å². The van der Waals surface area contributed by atoms with E-state index < -0.39 is 0 Å². The summed E-state index contributed by atoms with van der Waals surface area (Å²) in [5.41, 5.74) is 4.78. The highest BCUT2D eigenvalue weighted by atomic mass is 79.9. The molecule has 0 aliphatic carbocycles. The number of nitrogens with zero attached hydrogens (tertiary/aromatic N) is 1. The number of hydrazone groups is 1. The van der Waals surface area contributed by atoms with Gasteiger partial charge in [0.25, 0.3) is 0 Å². The molecule has 0 fully saturated rings. The van der Waals surface area contributed by atoms with Gasteiger partial charge in [-0.25, -0.2) is 0 Å². The Morgan fingerprint density at radius 3 is 2.47 bits per heavy atom. The summed E-state index contributed by atoms with van der Waals surface area (Å²) in [6.07, 6.45) is 3.67. The van der Waals surface area contributed by atoms with Gasteiger partial charge in [0.05, 0.1) is 16.9 Å². The minimum Gasteiger partial charge on any atom is -0.277 e. The van der Waals surface area contributed by atoms with Gasteiger partial charge in [0.15, 0.2) is 0 Å². The first-order valence-corrected chi connectivity index (χ1v) is 6.88. The molecule has 0 saturated carbocycles. The molecule has 2 aromatic rings. The summed E-state index contributed by atoms with van der Waals surface area (Å²) in [5, 5.41) is 4.77. The predicted molar refractivity (Wildman–Crippen MR) is 86.9 cm³/mol. The van der Waals surface area contributed by atoms with E-state index in [2.05, 4.69) is 26.5 Å². The maximum Gasteiger partial charge on any atom is 0.0748 e. The van der Waals surface area contributed by atoms with Gasteiger partial charge in [0, 0.05) is 4.48 Å². The van der Waals surface area contributed by atoms with Crippen molar-refractivity contribution < 1.29 is 0 Å². The van der Waals surface area contributed by atoms with E-state index in [1.165, 1.54) is 0 Å². The van der Waals surface area contributed by atoms with E-state index in [0.29, 0.717) is 5.02 Å². The number of hydrogen-bond acceptors (Lipinski definition) is 2. The zero-order valence-electron chi connectivity index (χ0n) is 10.1. The molecule has 2 rings (SSSR count). The largest absolute Gasteiger partial charge is 0.277 e. The highest BCUT2D eigenvalue weighted by Crippen LogP contribution is 2.20.